The monoisotopic (exact) mass is 1030 g/mol. The van der Waals surface area contributed by atoms with Crippen LogP contribution in [0.2, 0.25) is 0 Å². The molecule has 0 saturated heterocycles. The molecule has 0 radical (unpaired) electrons. The van der Waals surface area contributed by atoms with E-state index in [1.54, 1.807) is 20.8 Å². The van der Waals surface area contributed by atoms with Crippen LogP contribution in [-0.4, -0.2) is 61.4 Å². The Morgan fingerprint density at radius 1 is 0.556 bits per heavy atom. The number of halogens is 5. The smallest absolute Gasteiger partial charge is 0.422 e. The van der Waals surface area contributed by atoms with E-state index >= 15 is 0 Å². The van der Waals surface area contributed by atoms with Gasteiger partial charge in [0.15, 0.2) is 34.5 Å². The van der Waals surface area contributed by atoms with E-state index in [1.807, 2.05) is 13.8 Å². The van der Waals surface area contributed by atoms with E-state index in [-0.39, 0.29) is 33.8 Å². The third-order valence-corrected chi connectivity index (χ3v) is 16.9. The molecule has 0 spiro atoms. The first kappa shape index (κ1) is 60.1. The van der Waals surface area contributed by atoms with Crippen molar-refractivity contribution in [1.29, 1.82) is 0 Å². The van der Waals surface area contributed by atoms with Crippen molar-refractivity contribution in [2.24, 2.45) is 34.0 Å². The number of rotatable bonds is 15. The Morgan fingerprint density at radius 2 is 0.958 bits per heavy atom. The number of hydrogen-bond acceptors (Lipinski definition) is 8. The van der Waals surface area contributed by atoms with E-state index in [0.717, 1.165) is 51.9 Å². The maximum absolute atomic E-state index is 12.8. The quantitative estimate of drug-likeness (QED) is 0.0641. The van der Waals surface area contributed by atoms with Gasteiger partial charge in [-0.1, -0.05) is 94.6 Å². The largest absolute Gasteiger partial charge is 0.459 e. The summed E-state index contributed by atoms with van der Waals surface area (Å²) >= 11 is 0. The van der Waals surface area contributed by atoms with Crippen LogP contribution in [0.3, 0.4) is 0 Å². The van der Waals surface area contributed by atoms with E-state index in [1.165, 1.54) is 66.1 Å². The van der Waals surface area contributed by atoms with Gasteiger partial charge in [0, 0.05) is 6.92 Å². The van der Waals surface area contributed by atoms with Crippen LogP contribution in [-0.2, 0) is 49.0 Å². The van der Waals surface area contributed by atoms with Crippen LogP contribution in [0.5, 0.6) is 0 Å². The van der Waals surface area contributed by atoms with Crippen LogP contribution in [0.1, 0.15) is 158 Å². The number of benzene rings is 3. The van der Waals surface area contributed by atoms with Gasteiger partial charge in [0.05, 0.1) is 27.1 Å². The van der Waals surface area contributed by atoms with Crippen LogP contribution in [0, 0.1) is 34.0 Å². The van der Waals surface area contributed by atoms with Gasteiger partial charge in [0.25, 0.3) is 5.92 Å². The van der Waals surface area contributed by atoms with E-state index in [4.69, 9.17) is 9.47 Å². The van der Waals surface area contributed by atoms with E-state index in [2.05, 4.69) is 114 Å². The summed E-state index contributed by atoms with van der Waals surface area (Å²) in [6, 6.07) is 32.2. The summed E-state index contributed by atoms with van der Waals surface area (Å²) in [7, 11) is -0.0146. The Balaban J connectivity index is 0.000000209. The summed E-state index contributed by atoms with van der Waals surface area (Å²) in [6.07, 6.45) is 12.4. The van der Waals surface area contributed by atoms with E-state index in [0.29, 0.717) is 24.2 Å². The van der Waals surface area contributed by atoms with Crippen molar-refractivity contribution in [2.45, 2.75) is 191 Å². The zero-order valence-electron chi connectivity index (χ0n) is 43.9. The first-order valence-electron chi connectivity index (χ1n) is 25.9. The van der Waals surface area contributed by atoms with Crippen molar-refractivity contribution in [3.8, 4) is 0 Å². The van der Waals surface area contributed by atoms with Gasteiger partial charge in [-0.25, -0.2) is 13.6 Å². The highest BCUT2D eigenvalue weighted by molar-refractivity contribution is 7.97. The van der Waals surface area contributed by atoms with Crippen LogP contribution in [0.15, 0.2) is 106 Å². The zero-order chi connectivity index (χ0) is 53.2. The molecule has 0 unspecified atom stereocenters. The Morgan fingerprint density at radius 3 is 1.33 bits per heavy atom. The van der Waals surface area contributed by atoms with Crippen molar-refractivity contribution in [1.82, 2.24) is 0 Å². The SMILES string of the molecule is CC(F)(F)COC(=O)C12CC3CC(CC(C3)C1)C2.CCC(C)(C)C(=O)OCC(=O)OCC(F)(F)F.CCC1(OC(=O)C(C)(C)CC)CCCCCCC1.c1ccc([S+](c2ccccc2)c2ccccc2)cc1. The van der Waals surface area contributed by atoms with Crippen molar-refractivity contribution in [3.05, 3.63) is 91.0 Å². The lowest BCUT2D eigenvalue weighted by Crippen LogP contribution is -2.51. The molecule has 3 aromatic rings. The van der Waals surface area contributed by atoms with Crippen molar-refractivity contribution in [3.63, 3.8) is 0 Å². The third-order valence-electron chi connectivity index (χ3n) is 14.7. The topological polar surface area (TPSA) is 105 Å². The maximum atomic E-state index is 12.8. The van der Waals surface area contributed by atoms with E-state index in [9.17, 15) is 41.1 Å². The van der Waals surface area contributed by atoms with Gasteiger partial charge >= 0.3 is 30.1 Å². The fourth-order valence-electron chi connectivity index (χ4n) is 10.0. The van der Waals surface area contributed by atoms with Gasteiger partial charge in [-0.05, 0) is 165 Å². The second kappa shape index (κ2) is 27.2. The molecule has 14 heteroatoms. The highest BCUT2D eigenvalue weighted by atomic mass is 32.2. The summed E-state index contributed by atoms with van der Waals surface area (Å²) in [5.74, 6) is -3.26. The molecule has 5 fully saturated rings. The summed E-state index contributed by atoms with van der Waals surface area (Å²) < 4.78 is 79.9. The molecule has 72 heavy (non-hydrogen) atoms. The average Bonchev–Trinajstić information content (AvgIpc) is 3.33. The summed E-state index contributed by atoms with van der Waals surface area (Å²) in [5.41, 5.74) is -1.71. The lowest BCUT2D eigenvalue weighted by Gasteiger charge is -2.55. The van der Waals surface area contributed by atoms with E-state index < -0.39 is 54.7 Å². The summed E-state index contributed by atoms with van der Waals surface area (Å²) in [5, 5.41) is 0. The number of alkyl halides is 5. The molecule has 0 N–H and O–H groups in total. The Hall–Kier alpha value is -4.46. The normalized spacial score (nSPS) is 21.4. The Bertz CT molecular complexity index is 1990. The maximum Gasteiger partial charge on any atom is 0.422 e. The van der Waals surface area contributed by atoms with Crippen LogP contribution in [0.25, 0.3) is 0 Å². The molecule has 5 saturated carbocycles. The number of carbonyl (C=O) groups excluding carboxylic acids is 4. The third kappa shape index (κ3) is 19.1. The van der Waals surface area contributed by atoms with Crippen LogP contribution in [0.4, 0.5) is 22.0 Å². The summed E-state index contributed by atoms with van der Waals surface area (Å²) in [6.45, 7) is 10.7. The van der Waals surface area contributed by atoms with Gasteiger partial charge in [-0.2, -0.15) is 13.2 Å². The standard InChI is InChI=1S/C18H15S.C16H30O2.C14H20F2O2.C10H15F3O4/c1-4-10-16(11-5-1)19(17-12-6-2-7-13-17)18-14-8-3-9-15-18;1-5-15(3,4)14(17)18-16(6-2)12-10-8-7-9-11-13-16;1-13(15,16)8-18-12(17)14-5-9-2-10(6-14)4-11(3-9)7-14;1-4-9(2,3)8(15)16-5-7(14)17-6-10(11,12)13/h1-15H;5-13H2,1-4H3;9-11H,2-8H2,1H3;4-6H2,1-3H3/q+1;;;. The van der Waals surface area contributed by atoms with Crippen molar-refractivity contribution >= 4 is 34.8 Å². The molecule has 4 bridgehead atoms. The van der Waals surface area contributed by atoms with Crippen molar-refractivity contribution in [2.75, 3.05) is 19.8 Å². The predicted octanol–water partition coefficient (Wildman–Crippen LogP) is 15.1. The number of esters is 4. The Kier molecular flexibility index (Phi) is 22.7. The number of ether oxygens (including phenoxy) is 4. The number of hydrogen-bond donors (Lipinski definition) is 0. The second-order valence-electron chi connectivity index (χ2n) is 21.6. The minimum absolute atomic E-state index is 0.00702. The van der Waals surface area contributed by atoms with Gasteiger partial charge < -0.3 is 18.9 Å². The van der Waals surface area contributed by atoms with Gasteiger partial charge in [-0.15, -0.1) is 0 Å². The Labute approximate surface area is 428 Å². The average molecular weight is 1030 g/mol. The minimum atomic E-state index is -4.58. The molecule has 0 aromatic heterocycles. The zero-order valence-corrected chi connectivity index (χ0v) is 44.7. The molecular weight excluding hydrogens is 952 g/mol. The minimum Gasteiger partial charge on any atom is -0.459 e. The highest BCUT2D eigenvalue weighted by Crippen LogP contribution is 2.60. The van der Waals surface area contributed by atoms with Gasteiger partial charge in [-0.3, -0.25) is 14.4 Å². The molecule has 400 valence electrons. The second-order valence-corrected chi connectivity index (χ2v) is 23.6. The van der Waals surface area contributed by atoms with Crippen LogP contribution >= 0.6 is 0 Å². The molecule has 5 aliphatic rings. The molecule has 0 amide bonds. The number of carbonyl (C=O) groups is 4. The molecule has 0 atom stereocenters. The highest BCUT2D eigenvalue weighted by Gasteiger charge is 2.56. The molecule has 0 heterocycles. The molecule has 5 aliphatic carbocycles. The fraction of sp³-hybridized carbons (Fsp3) is 0.621. The molecule has 3 aromatic carbocycles. The lowest BCUT2D eigenvalue weighted by molar-refractivity contribution is -0.190. The fourth-order valence-corrected chi connectivity index (χ4v) is 12.1. The first-order valence-corrected chi connectivity index (χ1v) is 27.2. The first-order chi connectivity index (χ1) is 33.9. The molecular formula is C58H80F5O8S+. The summed E-state index contributed by atoms with van der Waals surface area (Å²) in [4.78, 5) is 50.7. The van der Waals surface area contributed by atoms with Gasteiger partial charge in [0.2, 0.25) is 0 Å². The van der Waals surface area contributed by atoms with Crippen LogP contribution < -0.4 is 0 Å². The predicted molar refractivity (Wildman–Crippen MR) is 271 cm³/mol. The van der Waals surface area contributed by atoms with Gasteiger partial charge in [0.1, 0.15) is 5.60 Å². The molecule has 8 rings (SSSR count). The lowest BCUT2D eigenvalue weighted by atomic mass is 9.49. The molecule has 8 nitrogen and oxygen atoms in total. The van der Waals surface area contributed by atoms with Crippen molar-refractivity contribution < 1.29 is 60.1 Å². The molecule has 0 aliphatic heterocycles.